The molecule has 0 atom stereocenters. The third-order valence-electron chi connectivity index (χ3n) is 2.99. The maximum Gasteiger partial charge on any atom is 0.335 e. The molecule has 0 amide bonds. The quantitative estimate of drug-likeness (QED) is 0.823. The van der Waals surface area contributed by atoms with E-state index in [-0.39, 0.29) is 11.4 Å². The van der Waals surface area contributed by atoms with Crippen LogP contribution in [0.15, 0.2) is 47.4 Å². The molecule has 3 nitrogen and oxygen atoms in total. The number of hydrogen-bond acceptors (Lipinski definition) is 3. The number of benzene rings is 2. The molecule has 21 heavy (non-hydrogen) atoms. The van der Waals surface area contributed by atoms with Crippen LogP contribution < -0.4 is 4.74 Å². The topological polar surface area (TPSA) is 46.5 Å². The monoisotopic (exact) mass is 306 g/mol. The number of halogens is 1. The number of ether oxygens (including phenoxy) is 1. The van der Waals surface area contributed by atoms with Crippen molar-refractivity contribution in [2.24, 2.45) is 0 Å². The Morgan fingerprint density at radius 3 is 2.57 bits per heavy atom. The molecular formula is C16H15FO3S. The lowest BCUT2D eigenvalue weighted by atomic mass is 10.2. The Morgan fingerprint density at radius 1 is 1.24 bits per heavy atom. The van der Waals surface area contributed by atoms with Crippen molar-refractivity contribution < 1.29 is 19.0 Å². The van der Waals surface area contributed by atoms with Gasteiger partial charge in [-0.3, -0.25) is 0 Å². The van der Waals surface area contributed by atoms with Gasteiger partial charge in [-0.1, -0.05) is 12.1 Å². The van der Waals surface area contributed by atoms with E-state index in [0.717, 1.165) is 17.7 Å². The smallest absolute Gasteiger partial charge is 0.335 e. The highest BCUT2D eigenvalue weighted by Gasteiger charge is 2.08. The van der Waals surface area contributed by atoms with Crippen LogP contribution in [0, 0.1) is 5.82 Å². The largest absolute Gasteiger partial charge is 0.497 e. The minimum Gasteiger partial charge on any atom is -0.497 e. The Labute approximate surface area is 126 Å². The van der Waals surface area contributed by atoms with E-state index in [9.17, 15) is 9.18 Å². The number of aryl methyl sites for hydroxylation is 1. The molecule has 0 saturated carbocycles. The van der Waals surface area contributed by atoms with Crippen molar-refractivity contribution >= 4 is 17.7 Å². The van der Waals surface area contributed by atoms with Gasteiger partial charge < -0.3 is 9.84 Å². The summed E-state index contributed by atoms with van der Waals surface area (Å²) in [5.74, 6) is 0.0325. The van der Waals surface area contributed by atoms with E-state index in [1.54, 1.807) is 7.11 Å². The summed E-state index contributed by atoms with van der Waals surface area (Å²) in [7, 11) is 1.61. The summed E-state index contributed by atoms with van der Waals surface area (Å²) in [6.45, 7) is 0. The first kappa shape index (κ1) is 15.4. The Hall–Kier alpha value is -2.01. The van der Waals surface area contributed by atoms with Crippen molar-refractivity contribution in [3.05, 3.63) is 59.4 Å². The summed E-state index contributed by atoms with van der Waals surface area (Å²) in [5, 5.41) is 8.91. The molecule has 110 valence electrons. The minimum absolute atomic E-state index is 0.100. The van der Waals surface area contributed by atoms with Crippen LogP contribution >= 0.6 is 11.8 Å². The first-order valence-electron chi connectivity index (χ1n) is 6.38. The van der Waals surface area contributed by atoms with Crippen LogP contribution in [0.5, 0.6) is 5.75 Å². The summed E-state index contributed by atoms with van der Waals surface area (Å²) >= 11 is 1.31. The molecule has 0 aliphatic carbocycles. The highest BCUT2D eigenvalue weighted by atomic mass is 32.2. The fourth-order valence-electron chi connectivity index (χ4n) is 1.82. The molecule has 0 aliphatic rings. The van der Waals surface area contributed by atoms with Crippen LogP contribution in [0.1, 0.15) is 15.9 Å². The lowest BCUT2D eigenvalue weighted by Crippen LogP contribution is -1.98. The van der Waals surface area contributed by atoms with E-state index < -0.39 is 5.97 Å². The fourth-order valence-corrected chi connectivity index (χ4v) is 2.79. The molecule has 0 heterocycles. The van der Waals surface area contributed by atoms with Gasteiger partial charge in [0.05, 0.1) is 12.7 Å². The van der Waals surface area contributed by atoms with Gasteiger partial charge in [-0.05, 0) is 42.3 Å². The number of hydrogen-bond donors (Lipinski definition) is 1. The number of aromatic carboxylic acids is 1. The van der Waals surface area contributed by atoms with E-state index >= 15 is 0 Å². The molecule has 1 N–H and O–H groups in total. The van der Waals surface area contributed by atoms with Crippen molar-refractivity contribution in [2.45, 2.75) is 11.3 Å². The summed E-state index contributed by atoms with van der Waals surface area (Å²) in [4.78, 5) is 11.2. The van der Waals surface area contributed by atoms with Gasteiger partial charge in [-0.25, -0.2) is 9.18 Å². The summed E-state index contributed by atoms with van der Waals surface area (Å²) in [6.07, 6.45) is 0.769. The van der Waals surface area contributed by atoms with Crippen molar-refractivity contribution in [1.82, 2.24) is 0 Å². The van der Waals surface area contributed by atoms with Gasteiger partial charge in [0.1, 0.15) is 11.6 Å². The third-order valence-corrected chi connectivity index (χ3v) is 4.02. The van der Waals surface area contributed by atoms with Crippen molar-refractivity contribution in [3.63, 3.8) is 0 Å². The first-order chi connectivity index (χ1) is 10.1. The first-order valence-corrected chi connectivity index (χ1v) is 7.37. The second-order valence-corrected chi connectivity index (χ2v) is 5.53. The molecule has 2 rings (SSSR count). The number of carbonyl (C=O) groups is 1. The highest BCUT2D eigenvalue weighted by molar-refractivity contribution is 7.99. The zero-order valence-corrected chi connectivity index (χ0v) is 12.3. The van der Waals surface area contributed by atoms with Crippen molar-refractivity contribution in [3.8, 4) is 5.75 Å². The molecule has 0 radical (unpaired) electrons. The molecule has 2 aromatic carbocycles. The number of rotatable bonds is 6. The Bertz CT molecular complexity index is 626. The summed E-state index contributed by atoms with van der Waals surface area (Å²) in [5.41, 5.74) is 1.22. The molecular weight excluding hydrogens is 291 g/mol. The Balaban J connectivity index is 1.96. The predicted molar refractivity (Wildman–Crippen MR) is 80.8 cm³/mol. The van der Waals surface area contributed by atoms with E-state index in [2.05, 4.69) is 0 Å². The summed E-state index contributed by atoms with van der Waals surface area (Å²) < 4.78 is 18.7. The van der Waals surface area contributed by atoms with Gasteiger partial charge in [-0.15, -0.1) is 11.8 Å². The van der Waals surface area contributed by atoms with Gasteiger partial charge in [0.15, 0.2) is 0 Å². The molecule has 5 heteroatoms. The molecule has 0 aromatic heterocycles. The average Bonchev–Trinajstić information content (AvgIpc) is 2.49. The van der Waals surface area contributed by atoms with Crippen LogP contribution in [0.25, 0.3) is 0 Å². The second-order valence-electron chi connectivity index (χ2n) is 4.40. The van der Waals surface area contributed by atoms with Crippen LogP contribution in [0.3, 0.4) is 0 Å². The molecule has 0 unspecified atom stereocenters. The number of thioether (sulfide) groups is 1. The van der Waals surface area contributed by atoms with E-state index in [0.29, 0.717) is 10.6 Å². The molecule has 0 saturated heterocycles. The van der Waals surface area contributed by atoms with Crippen LogP contribution in [0.2, 0.25) is 0 Å². The average molecular weight is 306 g/mol. The fraction of sp³-hybridized carbons (Fsp3) is 0.188. The van der Waals surface area contributed by atoms with Crippen molar-refractivity contribution in [2.75, 3.05) is 12.9 Å². The standard InChI is InChI=1S/C16H15FO3S/c1-20-13-5-2-11(3-6-13)8-9-21-15-10-12(16(18)19)4-7-14(15)17/h2-7,10H,8-9H2,1H3,(H,18,19). The normalized spacial score (nSPS) is 10.4. The minimum atomic E-state index is -1.05. The number of carboxylic acids is 1. The molecule has 0 fully saturated rings. The van der Waals surface area contributed by atoms with E-state index in [1.807, 2.05) is 24.3 Å². The molecule has 0 bridgehead atoms. The van der Waals surface area contributed by atoms with Gasteiger partial charge >= 0.3 is 5.97 Å². The number of methoxy groups -OCH3 is 1. The Kier molecular flexibility index (Phi) is 5.22. The van der Waals surface area contributed by atoms with E-state index in [4.69, 9.17) is 9.84 Å². The highest BCUT2D eigenvalue weighted by Crippen LogP contribution is 2.24. The molecule has 2 aromatic rings. The van der Waals surface area contributed by atoms with Gasteiger partial charge in [-0.2, -0.15) is 0 Å². The van der Waals surface area contributed by atoms with Gasteiger partial charge in [0.25, 0.3) is 0 Å². The lowest BCUT2D eigenvalue weighted by molar-refractivity contribution is 0.0696. The van der Waals surface area contributed by atoms with Gasteiger partial charge in [0, 0.05) is 10.6 Å². The van der Waals surface area contributed by atoms with Gasteiger partial charge in [0.2, 0.25) is 0 Å². The van der Waals surface area contributed by atoms with Crippen LogP contribution in [-0.2, 0) is 6.42 Å². The maximum atomic E-state index is 13.6. The Morgan fingerprint density at radius 2 is 1.95 bits per heavy atom. The van der Waals surface area contributed by atoms with E-state index in [1.165, 1.54) is 30.0 Å². The molecule has 0 spiro atoms. The van der Waals surface area contributed by atoms with Crippen molar-refractivity contribution in [1.29, 1.82) is 0 Å². The predicted octanol–water partition coefficient (Wildman–Crippen LogP) is 3.87. The molecule has 0 aliphatic heterocycles. The second kappa shape index (κ2) is 7.13. The lowest BCUT2D eigenvalue weighted by Gasteiger charge is -2.06. The zero-order chi connectivity index (χ0) is 15.2. The summed E-state index contributed by atoms with van der Waals surface area (Å²) in [6, 6.07) is 11.5. The maximum absolute atomic E-state index is 13.6. The third kappa shape index (κ3) is 4.23. The van der Waals surface area contributed by atoms with Crippen LogP contribution in [0.4, 0.5) is 4.39 Å². The SMILES string of the molecule is COc1ccc(CCSc2cc(C(=O)O)ccc2F)cc1. The number of carboxylic acid groups (broad SMARTS) is 1. The zero-order valence-electron chi connectivity index (χ0n) is 11.5. The van der Waals surface area contributed by atoms with Crippen LogP contribution in [-0.4, -0.2) is 23.9 Å².